The van der Waals surface area contributed by atoms with E-state index in [0.29, 0.717) is 0 Å². The number of hydrogen-bond acceptors (Lipinski definition) is 6. The first kappa shape index (κ1) is 17.7. The van der Waals surface area contributed by atoms with Gasteiger partial charge < -0.3 is 14.9 Å². The van der Waals surface area contributed by atoms with Crippen molar-refractivity contribution in [2.45, 2.75) is 27.2 Å². The number of aromatic hydroxyl groups is 1. The molecule has 6 heteroatoms. The van der Waals surface area contributed by atoms with E-state index < -0.39 is 17.3 Å². The van der Waals surface area contributed by atoms with Crippen LogP contribution in [0.15, 0.2) is 40.6 Å². The molecule has 0 heterocycles. The fourth-order valence-corrected chi connectivity index (χ4v) is 2.99. The van der Waals surface area contributed by atoms with E-state index in [2.05, 4.69) is 4.99 Å². The smallest absolute Gasteiger partial charge is 0.316 e. The number of esters is 1. The van der Waals surface area contributed by atoms with Crippen molar-refractivity contribution >= 4 is 23.2 Å². The van der Waals surface area contributed by atoms with Gasteiger partial charge in [-0.1, -0.05) is 26.0 Å². The average Bonchev–Trinajstić information content (AvgIpc) is 2.47. The summed E-state index contributed by atoms with van der Waals surface area (Å²) >= 11 is 0. The standard InChI is InChI=1S/C18H21NO5/c1-10(19-11-7-5-6-8-12(11)20)14-13(21)9-18(2,3)15(16(14)22)17(23)24-4/h5-8,15,20,22H,9H2,1-4H3. The van der Waals surface area contributed by atoms with Gasteiger partial charge in [-0.2, -0.15) is 0 Å². The van der Waals surface area contributed by atoms with Crippen LogP contribution in [0, 0.1) is 11.3 Å². The zero-order valence-corrected chi connectivity index (χ0v) is 14.2. The van der Waals surface area contributed by atoms with Crippen LogP contribution in [0.2, 0.25) is 0 Å². The number of rotatable bonds is 3. The van der Waals surface area contributed by atoms with Crippen LogP contribution in [-0.4, -0.2) is 34.8 Å². The second-order valence-corrected chi connectivity index (χ2v) is 6.49. The highest BCUT2D eigenvalue weighted by Gasteiger charge is 2.47. The molecule has 0 saturated heterocycles. The molecule has 0 saturated carbocycles. The molecule has 1 aromatic carbocycles. The number of methoxy groups -OCH3 is 1. The minimum absolute atomic E-state index is 0.00739. The van der Waals surface area contributed by atoms with Crippen LogP contribution in [-0.2, 0) is 14.3 Å². The monoisotopic (exact) mass is 331 g/mol. The molecule has 1 atom stereocenters. The highest BCUT2D eigenvalue weighted by Crippen LogP contribution is 2.42. The molecular weight excluding hydrogens is 310 g/mol. The molecule has 0 spiro atoms. The first-order chi connectivity index (χ1) is 11.2. The third-order valence-corrected chi connectivity index (χ3v) is 4.17. The molecule has 2 N–H and O–H groups in total. The van der Waals surface area contributed by atoms with E-state index in [0.717, 1.165) is 0 Å². The third-order valence-electron chi connectivity index (χ3n) is 4.17. The van der Waals surface area contributed by atoms with E-state index in [1.54, 1.807) is 39.0 Å². The summed E-state index contributed by atoms with van der Waals surface area (Å²) in [7, 11) is 1.24. The lowest BCUT2D eigenvalue weighted by atomic mass is 9.68. The van der Waals surface area contributed by atoms with Gasteiger partial charge in [0.2, 0.25) is 0 Å². The van der Waals surface area contributed by atoms with Crippen LogP contribution in [0.5, 0.6) is 5.75 Å². The Labute approximate surface area is 140 Å². The number of para-hydroxylation sites is 2. The first-order valence-electron chi connectivity index (χ1n) is 7.57. The number of aliphatic hydroxyl groups excluding tert-OH is 1. The minimum Gasteiger partial charge on any atom is -0.511 e. The predicted octanol–water partition coefficient (Wildman–Crippen LogP) is 3.08. The molecule has 2 rings (SSSR count). The summed E-state index contributed by atoms with van der Waals surface area (Å²) in [5, 5.41) is 20.4. The number of nitrogens with zero attached hydrogens (tertiary/aromatic N) is 1. The molecule has 0 radical (unpaired) electrons. The minimum atomic E-state index is -0.940. The maximum atomic E-state index is 12.5. The topological polar surface area (TPSA) is 96.2 Å². The van der Waals surface area contributed by atoms with E-state index >= 15 is 0 Å². The summed E-state index contributed by atoms with van der Waals surface area (Å²) in [6.45, 7) is 5.02. The van der Waals surface area contributed by atoms with Crippen molar-refractivity contribution in [3.8, 4) is 5.75 Å². The Morgan fingerprint density at radius 2 is 1.92 bits per heavy atom. The van der Waals surface area contributed by atoms with Gasteiger partial charge in [-0.05, 0) is 24.5 Å². The highest BCUT2D eigenvalue weighted by molar-refractivity contribution is 6.23. The number of carbonyl (C=O) groups is 2. The number of aliphatic hydroxyl groups is 1. The Bertz CT molecular complexity index is 746. The number of carbonyl (C=O) groups excluding carboxylic acids is 2. The zero-order valence-electron chi connectivity index (χ0n) is 14.2. The predicted molar refractivity (Wildman–Crippen MR) is 89.4 cm³/mol. The van der Waals surface area contributed by atoms with E-state index in [4.69, 9.17) is 4.74 Å². The molecule has 1 unspecified atom stereocenters. The molecule has 0 aliphatic heterocycles. The van der Waals surface area contributed by atoms with Crippen molar-refractivity contribution in [3.05, 3.63) is 35.6 Å². The summed E-state index contributed by atoms with van der Waals surface area (Å²) in [5.41, 5.74) is -0.230. The van der Waals surface area contributed by atoms with E-state index in [9.17, 15) is 19.8 Å². The number of Topliss-reactive ketones (excluding diaryl/α,β-unsaturated/α-hetero) is 1. The number of phenolic OH excluding ortho intramolecular Hbond substituents is 1. The van der Waals surface area contributed by atoms with Gasteiger partial charge in [0.05, 0.1) is 18.4 Å². The molecule has 1 aliphatic rings. The lowest BCUT2D eigenvalue weighted by Crippen LogP contribution is -2.41. The number of benzene rings is 1. The van der Waals surface area contributed by atoms with E-state index in [1.165, 1.54) is 13.2 Å². The van der Waals surface area contributed by atoms with Crippen molar-refractivity contribution in [2.75, 3.05) is 7.11 Å². The molecule has 0 bridgehead atoms. The van der Waals surface area contributed by atoms with Crippen molar-refractivity contribution in [3.63, 3.8) is 0 Å². The van der Waals surface area contributed by atoms with Gasteiger partial charge in [0.25, 0.3) is 0 Å². The molecule has 128 valence electrons. The fourth-order valence-electron chi connectivity index (χ4n) is 2.99. The van der Waals surface area contributed by atoms with Crippen molar-refractivity contribution in [1.82, 2.24) is 0 Å². The molecule has 0 fully saturated rings. The van der Waals surface area contributed by atoms with Crippen LogP contribution in [0.4, 0.5) is 5.69 Å². The number of hydrogen-bond donors (Lipinski definition) is 2. The Morgan fingerprint density at radius 3 is 2.50 bits per heavy atom. The first-order valence-corrected chi connectivity index (χ1v) is 7.57. The maximum Gasteiger partial charge on any atom is 0.316 e. The quantitative estimate of drug-likeness (QED) is 0.655. The Hall–Kier alpha value is -2.63. The molecule has 1 aliphatic carbocycles. The Morgan fingerprint density at radius 1 is 1.29 bits per heavy atom. The second kappa shape index (κ2) is 6.47. The van der Waals surface area contributed by atoms with E-state index in [-0.39, 0.29) is 40.7 Å². The lowest BCUT2D eigenvalue weighted by Gasteiger charge is -2.36. The van der Waals surface area contributed by atoms with Gasteiger partial charge in [0.1, 0.15) is 23.1 Å². The third kappa shape index (κ3) is 3.18. The average molecular weight is 331 g/mol. The molecule has 1 aromatic rings. The molecule has 0 aromatic heterocycles. The van der Waals surface area contributed by atoms with Gasteiger partial charge in [-0.25, -0.2) is 4.99 Å². The van der Waals surface area contributed by atoms with Gasteiger partial charge in [0.15, 0.2) is 5.78 Å². The van der Waals surface area contributed by atoms with Crippen LogP contribution < -0.4 is 0 Å². The lowest BCUT2D eigenvalue weighted by molar-refractivity contribution is -0.150. The number of aliphatic imine (C=N–C) groups is 1. The normalized spacial score (nSPS) is 20.9. The maximum absolute atomic E-state index is 12.5. The highest BCUT2D eigenvalue weighted by atomic mass is 16.5. The summed E-state index contributed by atoms with van der Waals surface area (Å²) < 4.78 is 4.77. The van der Waals surface area contributed by atoms with Crippen LogP contribution in [0.1, 0.15) is 27.2 Å². The second-order valence-electron chi connectivity index (χ2n) is 6.49. The van der Waals surface area contributed by atoms with Gasteiger partial charge >= 0.3 is 5.97 Å². The van der Waals surface area contributed by atoms with Crippen molar-refractivity contribution in [2.24, 2.45) is 16.3 Å². The Kier molecular flexibility index (Phi) is 4.78. The summed E-state index contributed by atoms with van der Waals surface area (Å²) in [6.07, 6.45) is 0.0831. The fraction of sp³-hybridized carbons (Fsp3) is 0.389. The number of allylic oxidation sites excluding steroid dienone is 1. The van der Waals surface area contributed by atoms with Gasteiger partial charge in [-0.15, -0.1) is 0 Å². The largest absolute Gasteiger partial charge is 0.511 e. The van der Waals surface area contributed by atoms with Crippen molar-refractivity contribution < 1.29 is 24.5 Å². The SMILES string of the molecule is COC(=O)C1C(O)=C(C(C)=Nc2ccccc2O)C(=O)CC1(C)C. The van der Waals surface area contributed by atoms with Gasteiger partial charge in [-0.3, -0.25) is 9.59 Å². The van der Waals surface area contributed by atoms with Crippen molar-refractivity contribution in [1.29, 1.82) is 0 Å². The van der Waals surface area contributed by atoms with Crippen LogP contribution in [0.25, 0.3) is 0 Å². The Balaban J connectivity index is 2.56. The number of ether oxygens (including phenoxy) is 1. The summed E-state index contributed by atoms with van der Waals surface area (Å²) in [5.74, 6) is -2.21. The molecule has 0 amide bonds. The number of phenols is 1. The van der Waals surface area contributed by atoms with E-state index in [1.807, 2.05) is 0 Å². The number of ketones is 1. The summed E-state index contributed by atoms with van der Waals surface area (Å²) in [6, 6.07) is 6.42. The summed E-state index contributed by atoms with van der Waals surface area (Å²) in [4.78, 5) is 28.8. The molecule has 6 nitrogen and oxygen atoms in total. The van der Waals surface area contributed by atoms with Crippen LogP contribution in [0.3, 0.4) is 0 Å². The molecular formula is C18H21NO5. The van der Waals surface area contributed by atoms with Gasteiger partial charge in [0, 0.05) is 6.42 Å². The zero-order chi connectivity index (χ0) is 18.1. The molecule has 24 heavy (non-hydrogen) atoms. The van der Waals surface area contributed by atoms with Crippen LogP contribution >= 0.6 is 0 Å².